The summed E-state index contributed by atoms with van der Waals surface area (Å²) in [4.78, 5) is 13.9. The molecule has 24 heavy (non-hydrogen) atoms. The van der Waals surface area contributed by atoms with Gasteiger partial charge in [0.05, 0.1) is 18.7 Å². The van der Waals surface area contributed by atoms with Gasteiger partial charge in [0, 0.05) is 16.9 Å². The molecule has 2 heterocycles. The van der Waals surface area contributed by atoms with Crippen molar-refractivity contribution in [3.8, 4) is 5.75 Å². The van der Waals surface area contributed by atoms with Gasteiger partial charge in [-0.2, -0.15) is 0 Å². The number of piperidine rings is 1. The number of nitrogens with one attached hydrogen (secondary N) is 1. The summed E-state index contributed by atoms with van der Waals surface area (Å²) >= 11 is 0. The van der Waals surface area contributed by atoms with Crippen molar-refractivity contribution >= 4 is 11.0 Å². The van der Waals surface area contributed by atoms with Gasteiger partial charge in [-0.1, -0.05) is 6.92 Å². The lowest BCUT2D eigenvalue weighted by atomic mass is 9.90. The molecule has 2 aliphatic rings. The molecule has 1 aliphatic heterocycles. The van der Waals surface area contributed by atoms with E-state index in [4.69, 9.17) is 4.42 Å². The van der Waals surface area contributed by atoms with Gasteiger partial charge in [-0.15, -0.1) is 0 Å². The summed E-state index contributed by atoms with van der Waals surface area (Å²) in [6, 6.07) is 3.70. The lowest BCUT2D eigenvalue weighted by molar-refractivity contribution is -0.922. The number of likely N-dealkylation sites (tertiary alicyclic amines) is 1. The average molecular weight is 328 g/mol. The van der Waals surface area contributed by atoms with Gasteiger partial charge >= 0.3 is 5.63 Å². The van der Waals surface area contributed by atoms with E-state index < -0.39 is 0 Å². The fourth-order valence-electron chi connectivity index (χ4n) is 4.53. The molecule has 2 N–H and O–H groups in total. The average Bonchev–Trinajstić information content (AvgIpc) is 2.58. The Morgan fingerprint density at radius 2 is 2.00 bits per heavy atom. The molecule has 0 radical (unpaired) electrons. The zero-order valence-corrected chi connectivity index (χ0v) is 14.4. The number of hydrogen-bond donors (Lipinski definition) is 2. The van der Waals surface area contributed by atoms with E-state index in [1.165, 1.54) is 17.7 Å². The molecule has 128 valence electrons. The summed E-state index contributed by atoms with van der Waals surface area (Å²) in [6.45, 7) is 5.26. The maximum absolute atomic E-state index is 12.4. The first-order chi connectivity index (χ1) is 11.6. The molecule has 4 rings (SSSR count). The van der Waals surface area contributed by atoms with Gasteiger partial charge < -0.3 is 14.4 Å². The number of aryl methyl sites for hydroxylation is 1. The Labute approximate surface area is 142 Å². The Bertz CT molecular complexity index is 824. The third kappa shape index (κ3) is 2.73. The van der Waals surface area contributed by atoms with Crippen LogP contribution in [-0.4, -0.2) is 18.2 Å². The summed E-state index contributed by atoms with van der Waals surface area (Å²) < 4.78 is 5.71. The molecule has 2 atom stereocenters. The van der Waals surface area contributed by atoms with Crippen LogP contribution in [0.5, 0.6) is 5.75 Å². The minimum absolute atomic E-state index is 0.203. The van der Waals surface area contributed by atoms with Crippen molar-refractivity contribution in [3.63, 3.8) is 0 Å². The van der Waals surface area contributed by atoms with Crippen LogP contribution in [-0.2, 0) is 19.4 Å². The Morgan fingerprint density at radius 3 is 2.79 bits per heavy atom. The van der Waals surface area contributed by atoms with Crippen LogP contribution in [0, 0.1) is 5.92 Å². The second-order valence-electron chi connectivity index (χ2n) is 7.62. The number of phenolic OH excluding ortho intramolecular Hbond substituents is 1. The Kier molecular flexibility index (Phi) is 4.09. The molecular weight excluding hydrogens is 302 g/mol. The molecule has 1 aromatic carbocycles. The molecule has 1 fully saturated rings. The van der Waals surface area contributed by atoms with Gasteiger partial charge in [0.15, 0.2) is 5.58 Å². The fraction of sp³-hybridized carbons (Fsp3) is 0.550. The van der Waals surface area contributed by atoms with Crippen LogP contribution in [0.1, 0.15) is 49.3 Å². The highest BCUT2D eigenvalue weighted by atomic mass is 16.4. The van der Waals surface area contributed by atoms with E-state index in [-0.39, 0.29) is 11.4 Å². The summed E-state index contributed by atoms with van der Waals surface area (Å²) in [5, 5.41) is 11.5. The largest absolute Gasteiger partial charge is 0.507 e. The minimum atomic E-state index is -0.203. The number of rotatable bonds is 2. The van der Waals surface area contributed by atoms with Crippen LogP contribution in [0.15, 0.2) is 21.3 Å². The summed E-state index contributed by atoms with van der Waals surface area (Å²) in [6.07, 6.45) is 6.45. The van der Waals surface area contributed by atoms with Crippen LogP contribution in [0.4, 0.5) is 0 Å². The normalized spacial score (nSPS) is 24.0. The second kappa shape index (κ2) is 6.25. The van der Waals surface area contributed by atoms with Crippen molar-refractivity contribution in [1.29, 1.82) is 0 Å². The van der Waals surface area contributed by atoms with Crippen LogP contribution >= 0.6 is 0 Å². The van der Waals surface area contributed by atoms with E-state index >= 15 is 0 Å². The molecule has 0 amide bonds. The number of fused-ring (bicyclic) bond motifs is 3. The predicted molar refractivity (Wildman–Crippen MR) is 93.6 cm³/mol. The fourth-order valence-corrected chi connectivity index (χ4v) is 4.53. The molecule has 1 unspecified atom stereocenters. The zero-order valence-electron chi connectivity index (χ0n) is 14.4. The Balaban J connectivity index is 1.81. The highest BCUT2D eigenvalue weighted by molar-refractivity contribution is 5.86. The van der Waals surface area contributed by atoms with E-state index in [9.17, 15) is 9.90 Å². The van der Waals surface area contributed by atoms with E-state index in [0.29, 0.717) is 11.5 Å². The SMILES string of the molecule is C[C@@H]1CCC[NH+](Cc2c(O)ccc3c4c(c(=O)oc23)CCCC4)C1. The number of quaternary nitrogens is 1. The van der Waals surface area contributed by atoms with Gasteiger partial charge in [0.2, 0.25) is 0 Å². The molecule has 1 aromatic heterocycles. The van der Waals surface area contributed by atoms with Crippen molar-refractivity contribution in [1.82, 2.24) is 0 Å². The molecule has 0 spiro atoms. The first kappa shape index (κ1) is 15.7. The third-order valence-corrected chi connectivity index (χ3v) is 5.76. The molecule has 2 aromatic rings. The van der Waals surface area contributed by atoms with Crippen LogP contribution in [0.25, 0.3) is 11.0 Å². The number of aromatic hydroxyl groups is 1. The maximum atomic E-state index is 12.4. The first-order valence-electron chi connectivity index (χ1n) is 9.26. The maximum Gasteiger partial charge on any atom is 0.339 e. The highest BCUT2D eigenvalue weighted by Crippen LogP contribution is 2.32. The number of hydrogen-bond acceptors (Lipinski definition) is 3. The third-order valence-electron chi connectivity index (χ3n) is 5.76. The minimum Gasteiger partial charge on any atom is -0.507 e. The van der Waals surface area contributed by atoms with Gasteiger partial charge in [-0.05, 0) is 56.2 Å². The van der Waals surface area contributed by atoms with Crippen molar-refractivity contribution in [3.05, 3.63) is 39.2 Å². The molecule has 1 aliphatic carbocycles. The lowest BCUT2D eigenvalue weighted by Crippen LogP contribution is -3.12. The Hall–Kier alpha value is -1.81. The monoisotopic (exact) mass is 328 g/mol. The van der Waals surface area contributed by atoms with E-state index in [2.05, 4.69) is 6.92 Å². The molecule has 0 saturated carbocycles. The summed E-state index contributed by atoms with van der Waals surface area (Å²) in [5.41, 5.74) is 3.22. The zero-order chi connectivity index (χ0) is 16.7. The van der Waals surface area contributed by atoms with E-state index in [1.54, 1.807) is 6.07 Å². The molecular formula is C20H26NO3+. The van der Waals surface area contributed by atoms with Gasteiger partial charge in [0.25, 0.3) is 0 Å². The number of benzene rings is 1. The molecule has 1 saturated heterocycles. The molecule has 4 nitrogen and oxygen atoms in total. The standard InChI is InChI=1S/C20H25NO3/c1-13-5-4-10-21(11-13)12-17-18(22)9-8-15-14-6-2-3-7-16(14)20(23)24-19(15)17/h8-9,13,22H,2-7,10-12H2,1H3/p+1/t13-/m1/s1. The molecule has 0 bridgehead atoms. The van der Waals surface area contributed by atoms with Crippen LogP contribution in [0.2, 0.25) is 0 Å². The predicted octanol–water partition coefficient (Wildman–Crippen LogP) is 2.19. The Morgan fingerprint density at radius 1 is 1.21 bits per heavy atom. The van der Waals surface area contributed by atoms with Gasteiger partial charge in [-0.3, -0.25) is 0 Å². The summed E-state index contributed by atoms with van der Waals surface area (Å²) in [7, 11) is 0. The molecule has 4 heteroatoms. The second-order valence-corrected chi connectivity index (χ2v) is 7.62. The quantitative estimate of drug-likeness (QED) is 0.831. The van der Waals surface area contributed by atoms with Crippen molar-refractivity contribution in [2.24, 2.45) is 5.92 Å². The van der Waals surface area contributed by atoms with Crippen molar-refractivity contribution in [2.45, 2.75) is 52.0 Å². The van der Waals surface area contributed by atoms with E-state index in [0.717, 1.165) is 67.4 Å². The van der Waals surface area contributed by atoms with Crippen LogP contribution < -0.4 is 10.5 Å². The van der Waals surface area contributed by atoms with Crippen LogP contribution in [0.3, 0.4) is 0 Å². The summed E-state index contributed by atoms with van der Waals surface area (Å²) in [5.74, 6) is 0.970. The topological polar surface area (TPSA) is 54.9 Å². The number of phenols is 1. The smallest absolute Gasteiger partial charge is 0.339 e. The van der Waals surface area contributed by atoms with E-state index in [1.807, 2.05) is 6.07 Å². The first-order valence-corrected chi connectivity index (χ1v) is 9.26. The van der Waals surface area contributed by atoms with Crippen molar-refractivity contribution < 1.29 is 14.4 Å². The highest BCUT2D eigenvalue weighted by Gasteiger charge is 2.25. The lowest BCUT2D eigenvalue weighted by Gasteiger charge is -2.28. The van der Waals surface area contributed by atoms with Crippen molar-refractivity contribution in [2.75, 3.05) is 13.1 Å². The van der Waals surface area contributed by atoms with Gasteiger partial charge in [-0.25, -0.2) is 4.79 Å². The van der Waals surface area contributed by atoms with Gasteiger partial charge in [0.1, 0.15) is 12.3 Å².